The first kappa shape index (κ1) is 16.7. The van der Waals surface area contributed by atoms with E-state index in [1.54, 1.807) is 0 Å². The molecule has 0 amide bonds. The van der Waals surface area contributed by atoms with E-state index in [1.165, 1.54) is 0 Å². The maximum Gasteiger partial charge on any atom is 0.306 e. The molecule has 0 saturated heterocycles. The van der Waals surface area contributed by atoms with Crippen LogP contribution in [0.5, 0.6) is 0 Å². The molecule has 0 saturated carbocycles. The molecule has 0 aromatic heterocycles. The molecule has 4 heteroatoms. The number of ether oxygens (including phenoxy) is 2. The van der Waals surface area contributed by atoms with Crippen LogP contribution in [0.1, 0.15) is 47.5 Å². The SMILES string of the molecule is CC(C)=CCOC(=O)CCC(=O)OC(C)C(C)C. The maximum atomic E-state index is 11.4. The van der Waals surface area contributed by atoms with Crippen LogP contribution in [0.3, 0.4) is 0 Å². The van der Waals surface area contributed by atoms with Gasteiger partial charge in [-0.3, -0.25) is 9.59 Å². The molecule has 104 valence electrons. The molecule has 0 spiro atoms. The molecule has 0 heterocycles. The number of esters is 2. The quantitative estimate of drug-likeness (QED) is 0.519. The van der Waals surface area contributed by atoms with Gasteiger partial charge in [0.2, 0.25) is 0 Å². The summed E-state index contributed by atoms with van der Waals surface area (Å²) in [4.78, 5) is 22.7. The summed E-state index contributed by atoms with van der Waals surface area (Å²) in [6.07, 6.45) is 1.83. The molecular formula is C14H24O4. The number of hydrogen-bond acceptors (Lipinski definition) is 4. The van der Waals surface area contributed by atoms with Crippen molar-refractivity contribution < 1.29 is 19.1 Å². The molecule has 1 atom stereocenters. The van der Waals surface area contributed by atoms with Crippen LogP contribution in [0.4, 0.5) is 0 Å². The third-order valence-corrected chi connectivity index (χ3v) is 2.53. The highest BCUT2D eigenvalue weighted by Gasteiger charge is 2.14. The third kappa shape index (κ3) is 8.79. The summed E-state index contributed by atoms with van der Waals surface area (Å²) in [6, 6.07) is 0. The van der Waals surface area contributed by atoms with Gasteiger partial charge in [-0.1, -0.05) is 19.4 Å². The molecule has 0 aliphatic rings. The maximum absolute atomic E-state index is 11.4. The first-order valence-electron chi connectivity index (χ1n) is 6.31. The van der Waals surface area contributed by atoms with E-state index in [2.05, 4.69) is 0 Å². The van der Waals surface area contributed by atoms with Crippen molar-refractivity contribution in [2.75, 3.05) is 6.61 Å². The lowest BCUT2D eigenvalue weighted by Crippen LogP contribution is -2.20. The van der Waals surface area contributed by atoms with Crippen LogP contribution in [0, 0.1) is 5.92 Å². The van der Waals surface area contributed by atoms with Gasteiger partial charge in [-0.25, -0.2) is 0 Å². The minimum Gasteiger partial charge on any atom is -0.462 e. The van der Waals surface area contributed by atoms with Gasteiger partial charge in [-0.15, -0.1) is 0 Å². The van der Waals surface area contributed by atoms with E-state index in [4.69, 9.17) is 9.47 Å². The van der Waals surface area contributed by atoms with Crippen LogP contribution in [0.2, 0.25) is 0 Å². The Labute approximate surface area is 109 Å². The Hall–Kier alpha value is -1.32. The molecule has 0 aliphatic heterocycles. The van der Waals surface area contributed by atoms with Gasteiger partial charge >= 0.3 is 11.9 Å². The Morgan fingerprint density at radius 1 is 1.06 bits per heavy atom. The van der Waals surface area contributed by atoms with Crippen molar-refractivity contribution in [3.05, 3.63) is 11.6 Å². The van der Waals surface area contributed by atoms with E-state index in [0.29, 0.717) is 0 Å². The highest BCUT2D eigenvalue weighted by atomic mass is 16.5. The molecular weight excluding hydrogens is 232 g/mol. The number of rotatable bonds is 7. The van der Waals surface area contributed by atoms with E-state index in [0.717, 1.165) is 5.57 Å². The number of hydrogen-bond donors (Lipinski definition) is 0. The Morgan fingerprint density at radius 3 is 2.11 bits per heavy atom. The molecule has 0 rings (SSSR count). The van der Waals surface area contributed by atoms with Crippen molar-refractivity contribution in [2.45, 2.75) is 53.6 Å². The Kier molecular flexibility index (Phi) is 8.08. The van der Waals surface area contributed by atoms with Crippen molar-refractivity contribution in [2.24, 2.45) is 5.92 Å². The molecule has 0 bridgehead atoms. The zero-order chi connectivity index (χ0) is 14.1. The molecule has 4 nitrogen and oxygen atoms in total. The van der Waals surface area contributed by atoms with Crippen molar-refractivity contribution in [1.29, 1.82) is 0 Å². The fourth-order valence-corrected chi connectivity index (χ4v) is 0.980. The van der Waals surface area contributed by atoms with Crippen molar-refractivity contribution in [1.82, 2.24) is 0 Å². The monoisotopic (exact) mass is 256 g/mol. The number of carbonyl (C=O) groups excluding carboxylic acids is 2. The molecule has 0 radical (unpaired) electrons. The van der Waals surface area contributed by atoms with Crippen molar-refractivity contribution >= 4 is 11.9 Å². The fourth-order valence-electron chi connectivity index (χ4n) is 0.980. The average molecular weight is 256 g/mol. The first-order valence-corrected chi connectivity index (χ1v) is 6.31. The highest BCUT2D eigenvalue weighted by Crippen LogP contribution is 2.07. The summed E-state index contributed by atoms with van der Waals surface area (Å²) in [7, 11) is 0. The van der Waals surface area contributed by atoms with Crippen molar-refractivity contribution in [3.8, 4) is 0 Å². The molecule has 18 heavy (non-hydrogen) atoms. The second-order valence-electron chi connectivity index (χ2n) is 4.90. The fraction of sp³-hybridized carbons (Fsp3) is 0.714. The molecule has 1 unspecified atom stereocenters. The van der Waals surface area contributed by atoms with Crippen LogP contribution in [0.15, 0.2) is 11.6 Å². The molecule has 0 aromatic carbocycles. The number of allylic oxidation sites excluding steroid dienone is 1. The van der Waals surface area contributed by atoms with Gasteiger partial charge in [-0.2, -0.15) is 0 Å². The molecule has 0 aliphatic carbocycles. The topological polar surface area (TPSA) is 52.6 Å². The Morgan fingerprint density at radius 2 is 1.61 bits per heavy atom. The molecule has 0 aromatic rings. The zero-order valence-electron chi connectivity index (χ0n) is 12.0. The van der Waals surface area contributed by atoms with Crippen LogP contribution >= 0.6 is 0 Å². The Balaban J connectivity index is 3.78. The second kappa shape index (κ2) is 8.72. The van der Waals surface area contributed by atoms with E-state index < -0.39 is 0 Å². The van der Waals surface area contributed by atoms with Crippen LogP contribution in [-0.2, 0) is 19.1 Å². The van der Waals surface area contributed by atoms with E-state index in [-0.39, 0.29) is 43.4 Å². The summed E-state index contributed by atoms with van der Waals surface area (Å²) in [5, 5.41) is 0. The summed E-state index contributed by atoms with van der Waals surface area (Å²) < 4.78 is 10.1. The largest absolute Gasteiger partial charge is 0.462 e. The summed E-state index contributed by atoms with van der Waals surface area (Å²) in [5.41, 5.74) is 1.09. The minimum absolute atomic E-state index is 0.0697. The van der Waals surface area contributed by atoms with Crippen molar-refractivity contribution in [3.63, 3.8) is 0 Å². The normalized spacial score (nSPS) is 11.9. The van der Waals surface area contributed by atoms with Crippen LogP contribution in [0.25, 0.3) is 0 Å². The predicted octanol–water partition coefficient (Wildman–Crippen LogP) is 2.86. The predicted molar refractivity (Wildman–Crippen MR) is 70.0 cm³/mol. The smallest absolute Gasteiger partial charge is 0.306 e. The molecule has 0 N–H and O–H groups in total. The third-order valence-electron chi connectivity index (χ3n) is 2.53. The highest BCUT2D eigenvalue weighted by molar-refractivity contribution is 5.77. The van der Waals surface area contributed by atoms with Gasteiger partial charge < -0.3 is 9.47 Å². The average Bonchev–Trinajstić information content (AvgIpc) is 2.25. The lowest BCUT2D eigenvalue weighted by molar-refractivity contribution is -0.154. The summed E-state index contributed by atoms with van der Waals surface area (Å²) in [6.45, 7) is 9.92. The van der Waals surface area contributed by atoms with E-state index in [1.807, 2.05) is 40.7 Å². The van der Waals surface area contributed by atoms with Gasteiger partial charge in [0, 0.05) is 0 Å². The van der Waals surface area contributed by atoms with E-state index in [9.17, 15) is 9.59 Å². The Bertz CT molecular complexity index is 301. The lowest BCUT2D eigenvalue weighted by Gasteiger charge is -2.16. The summed E-state index contributed by atoms with van der Waals surface area (Å²) >= 11 is 0. The van der Waals surface area contributed by atoms with Crippen LogP contribution in [-0.4, -0.2) is 24.6 Å². The van der Waals surface area contributed by atoms with Gasteiger partial charge in [0.25, 0.3) is 0 Å². The molecule has 0 fully saturated rings. The lowest BCUT2D eigenvalue weighted by atomic mass is 10.1. The van der Waals surface area contributed by atoms with Gasteiger partial charge in [0.15, 0.2) is 0 Å². The standard InChI is InChI=1S/C14H24O4/c1-10(2)8-9-17-13(15)6-7-14(16)18-12(5)11(3)4/h8,11-12H,6-7,9H2,1-5H3. The minimum atomic E-state index is -0.373. The van der Waals surface area contributed by atoms with Gasteiger partial charge in [-0.05, 0) is 32.8 Å². The zero-order valence-corrected chi connectivity index (χ0v) is 12.0. The van der Waals surface area contributed by atoms with Gasteiger partial charge in [0.05, 0.1) is 12.8 Å². The summed E-state index contributed by atoms with van der Waals surface area (Å²) in [5.74, 6) is -0.449. The van der Waals surface area contributed by atoms with Crippen LogP contribution < -0.4 is 0 Å². The van der Waals surface area contributed by atoms with Gasteiger partial charge in [0.1, 0.15) is 12.7 Å². The second-order valence-corrected chi connectivity index (χ2v) is 4.90. The number of carbonyl (C=O) groups is 2. The van der Waals surface area contributed by atoms with E-state index >= 15 is 0 Å². The first-order chi connectivity index (χ1) is 8.32.